The Kier molecular flexibility index (Phi) is 4.91. The largest absolute Gasteiger partial charge is 0.497 e. The lowest BCUT2D eigenvalue weighted by Crippen LogP contribution is -2.03. The average molecular weight is 358 g/mol. The van der Waals surface area contributed by atoms with Gasteiger partial charge < -0.3 is 14.6 Å². The highest BCUT2D eigenvalue weighted by molar-refractivity contribution is 9.10. The first kappa shape index (κ1) is 15.2. The number of halogens is 2. The number of ether oxygens (including phenoxy) is 2. The Bertz CT molecular complexity index is 616. The van der Waals surface area contributed by atoms with E-state index >= 15 is 0 Å². The third-order valence-corrected chi connectivity index (χ3v) is 3.75. The topological polar surface area (TPSA) is 38.7 Å². The summed E-state index contributed by atoms with van der Waals surface area (Å²) in [4.78, 5) is 0. The molecule has 0 aliphatic rings. The van der Waals surface area contributed by atoms with Gasteiger partial charge in [0.25, 0.3) is 0 Å². The van der Waals surface area contributed by atoms with Crippen LogP contribution in [0.3, 0.4) is 0 Å². The van der Waals surface area contributed by atoms with E-state index in [1.165, 1.54) is 0 Å². The maximum Gasteiger partial charge on any atom is 0.139 e. The van der Waals surface area contributed by atoms with Crippen LogP contribution in [0.2, 0.25) is 5.02 Å². The summed E-state index contributed by atoms with van der Waals surface area (Å²) >= 11 is 9.43. The van der Waals surface area contributed by atoms with Crippen LogP contribution >= 0.6 is 27.5 Å². The van der Waals surface area contributed by atoms with Gasteiger partial charge in [0.05, 0.1) is 18.7 Å². The second-order valence-corrected chi connectivity index (χ2v) is 5.48. The standard InChI is InChI=1S/C15H14BrClO3/c1-19-11-5-3-4-9(6-11)14(18)12-7-10(17)8-13(16)15(12)20-2/h3-8,14,18H,1-2H3. The molecule has 0 amide bonds. The zero-order valence-electron chi connectivity index (χ0n) is 11.1. The van der Waals surface area contributed by atoms with Crippen molar-refractivity contribution in [1.29, 1.82) is 0 Å². The van der Waals surface area contributed by atoms with Crippen molar-refractivity contribution >= 4 is 27.5 Å². The number of aliphatic hydroxyl groups excluding tert-OH is 1. The van der Waals surface area contributed by atoms with Crippen molar-refractivity contribution in [3.05, 3.63) is 57.0 Å². The van der Waals surface area contributed by atoms with Crippen LogP contribution < -0.4 is 9.47 Å². The lowest BCUT2D eigenvalue weighted by atomic mass is 10.0. The lowest BCUT2D eigenvalue weighted by Gasteiger charge is -2.17. The first-order valence-corrected chi connectivity index (χ1v) is 7.09. The molecule has 0 saturated heterocycles. The fraction of sp³-hybridized carbons (Fsp3) is 0.200. The molecule has 3 nitrogen and oxygen atoms in total. The van der Waals surface area contributed by atoms with Gasteiger partial charge in [-0.05, 0) is 45.8 Å². The van der Waals surface area contributed by atoms with Gasteiger partial charge in [-0.15, -0.1) is 0 Å². The Hall–Kier alpha value is -1.23. The summed E-state index contributed by atoms with van der Waals surface area (Å²) in [7, 11) is 3.14. The van der Waals surface area contributed by atoms with E-state index in [9.17, 15) is 5.11 Å². The van der Waals surface area contributed by atoms with Crippen LogP contribution in [0.4, 0.5) is 0 Å². The number of benzene rings is 2. The molecule has 1 unspecified atom stereocenters. The van der Waals surface area contributed by atoms with Crippen LogP contribution in [-0.4, -0.2) is 19.3 Å². The number of hydrogen-bond donors (Lipinski definition) is 1. The van der Waals surface area contributed by atoms with Crippen molar-refractivity contribution in [3.8, 4) is 11.5 Å². The van der Waals surface area contributed by atoms with Gasteiger partial charge in [-0.1, -0.05) is 23.7 Å². The van der Waals surface area contributed by atoms with Gasteiger partial charge >= 0.3 is 0 Å². The molecule has 1 N–H and O–H groups in total. The van der Waals surface area contributed by atoms with Crippen LogP contribution in [0.5, 0.6) is 11.5 Å². The predicted octanol–water partition coefficient (Wildman–Crippen LogP) is 4.20. The molecule has 0 aliphatic heterocycles. The summed E-state index contributed by atoms with van der Waals surface area (Å²) in [5.41, 5.74) is 1.30. The highest BCUT2D eigenvalue weighted by Crippen LogP contribution is 2.38. The van der Waals surface area contributed by atoms with Crippen molar-refractivity contribution in [3.63, 3.8) is 0 Å². The summed E-state index contributed by atoms with van der Waals surface area (Å²) < 4.78 is 11.2. The van der Waals surface area contributed by atoms with Crippen LogP contribution in [0, 0.1) is 0 Å². The van der Waals surface area contributed by atoms with E-state index in [1.807, 2.05) is 18.2 Å². The third-order valence-electron chi connectivity index (χ3n) is 2.95. The van der Waals surface area contributed by atoms with E-state index in [2.05, 4.69) is 15.9 Å². The molecule has 20 heavy (non-hydrogen) atoms. The van der Waals surface area contributed by atoms with Gasteiger partial charge in [-0.25, -0.2) is 0 Å². The summed E-state index contributed by atoms with van der Waals surface area (Å²) in [6, 6.07) is 10.7. The fourth-order valence-electron chi connectivity index (χ4n) is 1.99. The minimum atomic E-state index is -0.852. The minimum Gasteiger partial charge on any atom is -0.497 e. The Morgan fingerprint density at radius 3 is 2.55 bits per heavy atom. The SMILES string of the molecule is COc1cccc(C(O)c2cc(Cl)cc(Br)c2OC)c1. The van der Waals surface area contributed by atoms with Crippen molar-refractivity contribution < 1.29 is 14.6 Å². The number of rotatable bonds is 4. The van der Waals surface area contributed by atoms with Gasteiger partial charge in [0.2, 0.25) is 0 Å². The smallest absolute Gasteiger partial charge is 0.139 e. The molecule has 0 bridgehead atoms. The molecule has 106 valence electrons. The van der Waals surface area contributed by atoms with E-state index in [0.717, 1.165) is 0 Å². The predicted molar refractivity (Wildman–Crippen MR) is 82.8 cm³/mol. The number of methoxy groups -OCH3 is 2. The van der Waals surface area contributed by atoms with Gasteiger partial charge in [-0.2, -0.15) is 0 Å². The van der Waals surface area contributed by atoms with Crippen molar-refractivity contribution in [2.75, 3.05) is 14.2 Å². The van der Waals surface area contributed by atoms with E-state index in [-0.39, 0.29) is 0 Å². The summed E-state index contributed by atoms with van der Waals surface area (Å²) in [5, 5.41) is 11.1. The first-order valence-electron chi connectivity index (χ1n) is 5.91. The molecule has 0 aromatic heterocycles. The lowest BCUT2D eigenvalue weighted by molar-refractivity contribution is 0.214. The molecule has 2 aromatic rings. The molecule has 0 radical (unpaired) electrons. The van der Waals surface area contributed by atoms with Crippen molar-refractivity contribution in [1.82, 2.24) is 0 Å². The zero-order chi connectivity index (χ0) is 14.7. The molecule has 2 rings (SSSR count). The van der Waals surface area contributed by atoms with E-state index in [1.54, 1.807) is 32.4 Å². The van der Waals surface area contributed by atoms with Crippen molar-refractivity contribution in [2.45, 2.75) is 6.10 Å². The third kappa shape index (κ3) is 3.08. The van der Waals surface area contributed by atoms with Crippen LogP contribution in [0.15, 0.2) is 40.9 Å². The van der Waals surface area contributed by atoms with Crippen LogP contribution in [-0.2, 0) is 0 Å². The summed E-state index contributed by atoms with van der Waals surface area (Å²) in [6.45, 7) is 0. The van der Waals surface area contributed by atoms with Crippen molar-refractivity contribution in [2.24, 2.45) is 0 Å². The Morgan fingerprint density at radius 2 is 1.90 bits per heavy atom. The Balaban J connectivity index is 2.49. The number of hydrogen-bond acceptors (Lipinski definition) is 3. The maximum atomic E-state index is 10.6. The van der Waals surface area contributed by atoms with Crippen LogP contribution in [0.25, 0.3) is 0 Å². The Labute approximate surface area is 131 Å². The summed E-state index contributed by atoms with van der Waals surface area (Å²) in [6.07, 6.45) is -0.852. The molecule has 1 atom stereocenters. The van der Waals surface area contributed by atoms with E-state index < -0.39 is 6.10 Å². The van der Waals surface area contributed by atoms with Gasteiger partial charge in [0.1, 0.15) is 17.6 Å². The highest BCUT2D eigenvalue weighted by Gasteiger charge is 2.19. The second-order valence-electron chi connectivity index (χ2n) is 4.19. The van der Waals surface area contributed by atoms with Gasteiger partial charge in [0.15, 0.2) is 0 Å². The Morgan fingerprint density at radius 1 is 1.15 bits per heavy atom. The van der Waals surface area contributed by atoms with Gasteiger partial charge in [-0.3, -0.25) is 0 Å². The number of aliphatic hydroxyl groups is 1. The second kappa shape index (κ2) is 6.48. The molecule has 0 fully saturated rings. The molecule has 0 heterocycles. The molecule has 0 spiro atoms. The van der Waals surface area contributed by atoms with Gasteiger partial charge in [0, 0.05) is 10.6 Å². The molecule has 2 aromatic carbocycles. The molecular weight excluding hydrogens is 344 g/mol. The monoisotopic (exact) mass is 356 g/mol. The molecule has 0 saturated carbocycles. The van der Waals surface area contributed by atoms with Crippen LogP contribution in [0.1, 0.15) is 17.2 Å². The molecular formula is C15H14BrClO3. The highest BCUT2D eigenvalue weighted by atomic mass is 79.9. The van der Waals surface area contributed by atoms with E-state index in [4.69, 9.17) is 21.1 Å². The maximum absolute atomic E-state index is 10.6. The summed E-state index contributed by atoms with van der Waals surface area (Å²) in [5.74, 6) is 1.24. The quantitative estimate of drug-likeness (QED) is 0.891. The van der Waals surface area contributed by atoms with E-state index in [0.29, 0.717) is 32.1 Å². The molecule has 0 aliphatic carbocycles. The fourth-order valence-corrected chi connectivity index (χ4v) is 2.99. The normalized spacial score (nSPS) is 12.1. The molecule has 5 heteroatoms. The minimum absolute atomic E-state index is 0.523. The first-order chi connectivity index (χ1) is 9.56. The average Bonchev–Trinajstić information content (AvgIpc) is 2.45. The zero-order valence-corrected chi connectivity index (χ0v) is 13.4.